The Kier molecular flexibility index (Phi) is 5.31. The molecule has 0 bridgehead atoms. The molecule has 4 heteroatoms. The van der Waals surface area contributed by atoms with Crippen molar-refractivity contribution in [3.63, 3.8) is 0 Å². The fourth-order valence-electron chi connectivity index (χ4n) is 2.18. The van der Waals surface area contributed by atoms with Crippen LogP contribution in [-0.4, -0.2) is 19.3 Å². The van der Waals surface area contributed by atoms with Gasteiger partial charge < -0.3 is 10.1 Å². The van der Waals surface area contributed by atoms with E-state index in [0.717, 1.165) is 25.1 Å². The van der Waals surface area contributed by atoms with Gasteiger partial charge in [-0.1, -0.05) is 29.3 Å². The summed E-state index contributed by atoms with van der Waals surface area (Å²) in [6.45, 7) is 3.91. The van der Waals surface area contributed by atoms with Gasteiger partial charge in [0.05, 0.1) is 16.1 Å². The van der Waals surface area contributed by atoms with E-state index in [-0.39, 0.29) is 6.04 Å². The second kappa shape index (κ2) is 6.76. The van der Waals surface area contributed by atoms with Crippen LogP contribution < -0.4 is 5.32 Å². The SMILES string of the molecule is CC(NCC1CCCCO1)c1ccc(Cl)c(Cl)c1. The number of hydrogen-bond donors (Lipinski definition) is 1. The average Bonchev–Trinajstić information content (AvgIpc) is 2.40. The standard InChI is InChI=1S/C14H19Cl2NO/c1-10(11-5-6-13(15)14(16)8-11)17-9-12-4-2-3-7-18-12/h5-6,8,10,12,17H,2-4,7,9H2,1H3. The number of nitrogens with one attached hydrogen (secondary N) is 1. The maximum atomic E-state index is 6.02. The molecule has 1 aromatic carbocycles. The van der Waals surface area contributed by atoms with Crippen LogP contribution in [0.2, 0.25) is 10.0 Å². The summed E-state index contributed by atoms with van der Waals surface area (Å²) < 4.78 is 5.70. The van der Waals surface area contributed by atoms with E-state index in [4.69, 9.17) is 27.9 Å². The molecule has 1 saturated heterocycles. The molecule has 2 atom stereocenters. The summed E-state index contributed by atoms with van der Waals surface area (Å²) >= 11 is 11.9. The lowest BCUT2D eigenvalue weighted by Gasteiger charge is -2.25. The molecule has 2 nitrogen and oxygen atoms in total. The Morgan fingerprint density at radius 1 is 1.33 bits per heavy atom. The molecule has 2 unspecified atom stereocenters. The third-order valence-electron chi connectivity index (χ3n) is 3.37. The molecule has 1 fully saturated rings. The molecule has 2 rings (SSSR count). The summed E-state index contributed by atoms with van der Waals surface area (Å²) in [5.41, 5.74) is 1.15. The van der Waals surface area contributed by atoms with Gasteiger partial charge in [0, 0.05) is 19.2 Å². The van der Waals surface area contributed by atoms with Gasteiger partial charge in [0.25, 0.3) is 0 Å². The van der Waals surface area contributed by atoms with E-state index in [0.29, 0.717) is 16.1 Å². The first-order chi connectivity index (χ1) is 8.66. The van der Waals surface area contributed by atoms with Crippen LogP contribution in [0.25, 0.3) is 0 Å². The fraction of sp³-hybridized carbons (Fsp3) is 0.571. The van der Waals surface area contributed by atoms with E-state index in [1.54, 1.807) is 0 Å². The van der Waals surface area contributed by atoms with Gasteiger partial charge in [-0.2, -0.15) is 0 Å². The highest BCUT2D eigenvalue weighted by molar-refractivity contribution is 6.42. The van der Waals surface area contributed by atoms with E-state index >= 15 is 0 Å². The molecule has 1 aliphatic heterocycles. The van der Waals surface area contributed by atoms with Crippen molar-refractivity contribution in [1.82, 2.24) is 5.32 Å². The van der Waals surface area contributed by atoms with E-state index in [2.05, 4.69) is 12.2 Å². The topological polar surface area (TPSA) is 21.3 Å². The molecule has 18 heavy (non-hydrogen) atoms. The Bertz CT molecular complexity index is 391. The van der Waals surface area contributed by atoms with Crippen molar-refractivity contribution in [2.24, 2.45) is 0 Å². The Labute approximate surface area is 119 Å². The number of hydrogen-bond acceptors (Lipinski definition) is 2. The maximum absolute atomic E-state index is 6.02. The lowest BCUT2D eigenvalue weighted by atomic mass is 10.1. The van der Waals surface area contributed by atoms with Crippen LogP contribution in [0.3, 0.4) is 0 Å². The molecule has 1 N–H and O–H groups in total. The number of ether oxygens (including phenoxy) is 1. The van der Waals surface area contributed by atoms with Crippen LogP contribution in [0.1, 0.15) is 37.8 Å². The molecule has 0 spiro atoms. The summed E-state index contributed by atoms with van der Waals surface area (Å²) in [7, 11) is 0. The molecule has 100 valence electrons. The van der Waals surface area contributed by atoms with Crippen molar-refractivity contribution in [2.75, 3.05) is 13.2 Å². The molecule has 1 aliphatic rings. The molecule has 0 amide bonds. The zero-order valence-corrected chi connectivity index (χ0v) is 12.1. The highest BCUT2D eigenvalue weighted by Gasteiger charge is 2.15. The Morgan fingerprint density at radius 2 is 2.17 bits per heavy atom. The Morgan fingerprint density at radius 3 is 2.83 bits per heavy atom. The summed E-state index contributed by atoms with van der Waals surface area (Å²) in [6, 6.07) is 6.02. The van der Waals surface area contributed by atoms with Crippen LogP contribution in [0.15, 0.2) is 18.2 Å². The molecule has 1 heterocycles. The minimum Gasteiger partial charge on any atom is -0.377 e. The smallest absolute Gasteiger partial charge is 0.0699 e. The molecule has 0 radical (unpaired) electrons. The van der Waals surface area contributed by atoms with Crippen molar-refractivity contribution >= 4 is 23.2 Å². The molecular formula is C14H19Cl2NO. The van der Waals surface area contributed by atoms with Crippen LogP contribution in [0.4, 0.5) is 0 Å². The van der Waals surface area contributed by atoms with Crippen molar-refractivity contribution in [3.8, 4) is 0 Å². The van der Waals surface area contributed by atoms with Crippen molar-refractivity contribution in [3.05, 3.63) is 33.8 Å². The highest BCUT2D eigenvalue weighted by atomic mass is 35.5. The van der Waals surface area contributed by atoms with Gasteiger partial charge in [-0.25, -0.2) is 0 Å². The fourth-order valence-corrected chi connectivity index (χ4v) is 2.48. The normalized spacial score (nSPS) is 21.8. The summed E-state index contributed by atoms with van der Waals surface area (Å²) in [5, 5.41) is 4.70. The zero-order chi connectivity index (χ0) is 13.0. The summed E-state index contributed by atoms with van der Waals surface area (Å²) in [4.78, 5) is 0. The van der Waals surface area contributed by atoms with Gasteiger partial charge in [0.1, 0.15) is 0 Å². The van der Waals surface area contributed by atoms with Gasteiger partial charge in [0.15, 0.2) is 0 Å². The molecule has 0 aromatic heterocycles. The zero-order valence-electron chi connectivity index (χ0n) is 10.6. The summed E-state index contributed by atoms with van der Waals surface area (Å²) in [6.07, 6.45) is 3.97. The quantitative estimate of drug-likeness (QED) is 0.896. The molecular weight excluding hydrogens is 269 g/mol. The van der Waals surface area contributed by atoms with E-state index < -0.39 is 0 Å². The molecule has 1 aromatic rings. The molecule has 0 aliphatic carbocycles. The van der Waals surface area contributed by atoms with Crippen molar-refractivity contribution in [1.29, 1.82) is 0 Å². The minimum absolute atomic E-state index is 0.255. The van der Waals surface area contributed by atoms with Crippen LogP contribution >= 0.6 is 23.2 Å². The molecule has 0 saturated carbocycles. The monoisotopic (exact) mass is 287 g/mol. The maximum Gasteiger partial charge on any atom is 0.0699 e. The van der Waals surface area contributed by atoms with Gasteiger partial charge >= 0.3 is 0 Å². The van der Waals surface area contributed by atoms with Gasteiger partial charge in [-0.05, 0) is 43.9 Å². The number of rotatable bonds is 4. The number of benzene rings is 1. The van der Waals surface area contributed by atoms with Crippen LogP contribution in [0.5, 0.6) is 0 Å². The predicted octanol–water partition coefficient (Wildman–Crippen LogP) is 4.21. The van der Waals surface area contributed by atoms with Gasteiger partial charge in [-0.3, -0.25) is 0 Å². The first-order valence-electron chi connectivity index (χ1n) is 6.47. The third-order valence-corrected chi connectivity index (χ3v) is 4.11. The Balaban J connectivity index is 1.86. The van der Waals surface area contributed by atoms with Crippen LogP contribution in [-0.2, 0) is 4.74 Å². The first kappa shape index (κ1) is 14.1. The van der Waals surface area contributed by atoms with E-state index in [1.807, 2.05) is 18.2 Å². The highest BCUT2D eigenvalue weighted by Crippen LogP contribution is 2.25. The van der Waals surface area contributed by atoms with Crippen LogP contribution in [0, 0.1) is 0 Å². The predicted molar refractivity (Wildman–Crippen MR) is 76.5 cm³/mol. The average molecular weight is 288 g/mol. The third kappa shape index (κ3) is 3.86. The lowest BCUT2D eigenvalue weighted by molar-refractivity contribution is 0.0156. The second-order valence-electron chi connectivity index (χ2n) is 4.79. The largest absolute Gasteiger partial charge is 0.377 e. The van der Waals surface area contributed by atoms with Gasteiger partial charge in [-0.15, -0.1) is 0 Å². The lowest BCUT2D eigenvalue weighted by Crippen LogP contribution is -2.33. The Hall–Kier alpha value is -0.280. The minimum atomic E-state index is 0.255. The van der Waals surface area contributed by atoms with Gasteiger partial charge in [0.2, 0.25) is 0 Å². The number of halogens is 2. The van der Waals surface area contributed by atoms with Crippen molar-refractivity contribution < 1.29 is 4.74 Å². The first-order valence-corrected chi connectivity index (χ1v) is 7.22. The summed E-state index contributed by atoms with van der Waals surface area (Å²) in [5.74, 6) is 0. The van der Waals surface area contributed by atoms with E-state index in [9.17, 15) is 0 Å². The second-order valence-corrected chi connectivity index (χ2v) is 5.61. The van der Waals surface area contributed by atoms with E-state index in [1.165, 1.54) is 12.8 Å². The van der Waals surface area contributed by atoms with Crippen molar-refractivity contribution in [2.45, 2.75) is 38.3 Å².